The van der Waals surface area contributed by atoms with Gasteiger partial charge < -0.3 is 15.0 Å². The Balaban J connectivity index is 2.23. The molecular weight excluding hydrogens is 280 g/mol. The van der Waals surface area contributed by atoms with Gasteiger partial charge in [-0.25, -0.2) is 4.79 Å². The van der Waals surface area contributed by atoms with Crippen LogP contribution in [0.15, 0.2) is 42.6 Å². The van der Waals surface area contributed by atoms with E-state index in [4.69, 9.17) is 11.6 Å². The van der Waals surface area contributed by atoms with E-state index in [0.29, 0.717) is 16.3 Å². The van der Waals surface area contributed by atoms with E-state index in [1.54, 1.807) is 48.1 Å². The summed E-state index contributed by atoms with van der Waals surface area (Å²) in [6, 6.07) is 8.90. The van der Waals surface area contributed by atoms with Crippen LogP contribution in [0.4, 0.5) is 0 Å². The van der Waals surface area contributed by atoms with E-state index in [-0.39, 0.29) is 0 Å². The molecule has 0 bridgehead atoms. The Morgan fingerprint density at radius 2 is 1.95 bits per heavy atom. The van der Waals surface area contributed by atoms with Gasteiger partial charge in [0.15, 0.2) is 6.04 Å². The van der Waals surface area contributed by atoms with Crippen molar-refractivity contribution in [2.75, 3.05) is 0 Å². The lowest BCUT2D eigenvalue weighted by Gasteiger charge is -2.15. The normalized spacial score (nSPS) is 11.9. The zero-order chi connectivity index (χ0) is 14.7. The summed E-state index contributed by atoms with van der Waals surface area (Å²) in [4.78, 5) is 23.4. The zero-order valence-corrected chi connectivity index (χ0v) is 11.5. The maximum atomic E-state index is 12.1. The van der Waals surface area contributed by atoms with Crippen molar-refractivity contribution in [1.29, 1.82) is 0 Å². The molecule has 0 unspecified atom stereocenters. The predicted octanol–water partition coefficient (Wildman–Crippen LogP) is 2.23. The maximum absolute atomic E-state index is 12.1. The standard InChI is InChI=1S/C14H13ClN2O3/c1-17-8-10(15)7-11(17)13(18)16-12(14(19)20)9-5-3-2-4-6-9/h2-8,12H,1H3,(H,16,18)(H,19,20)/t12-/m1/s1. The summed E-state index contributed by atoms with van der Waals surface area (Å²) >= 11 is 5.81. The van der Waals surface area contributed by atoms with Crippen molar-refractivity contribution in [2.24, 2.45) is 7.05 Å². The number of nitrogens with zero attached hydrogens (tertiary/aromatic N) is 1. The number of rotatable bonds is 4. The monoisotopic (exact) mass is 292 g/mol. The molecule has 0 aliphatic heterocycles. The minimum atomic E-state index is -1.12. The lowest BCUT2D eigenvalue weighted by atomic mass is 10.1. The second-order valence-electron chi connectivity index (χ2n) is 4.31. The molecule has 1 heterocycles. The van der Waals surface area contributed by atoms with E-state index in [1.807, 2.05) is 0 Å². The molecule has 0 saturated heterocycles. The van der Waals surface area contributed by atoms with Crippen molar-refractivity contribution in [3.05, 3.63) is 58.9 Å². The van der Waals surface area contributed by atoms with Crippen LogP contribution in [0, 0.1) is 0 Å². The summed E-state index contributed by atoms with van der Waals surface area (Å²) in [7, 11) is 1.67. The fourth-order valence-corrected chi connectivity index (χ4v) is 2.14. The molecule has 0 aliphatic carbocycles. The molecule has 0 radical (unpaired) electrons. The number of aryl methyl sites for hydroxylation is 1. The third-order valence-electron chi connectivity index (χ3n) is 2.86. The van der Waals surface area contributed by atoms with Gasteiger partial charge in [-0.1, -0.05) is 41.9 Å². The van der Waals surface area contributed by atoms with E-state index < -0.39 is 17.9 Å². The molecule has 1 aromatic heterocycles. The summed E-state index contributed by atoms with van der Waals surface area (Å²) in [6.07, 6.45) is 1.58. The van der Waals surface area contributed by atoms with Crippen molar-refractivity contribution < 1.29 is 14.7 Å². The summed E-state index contributed by atoms with van der Waals surface area (Å²) in [5, 5.41) is 12.2. The summed E-state index contributed by atoms with van der Waals surface area (Å²) in [5.74, 6) is -1.61. The molecular formula is C14H13ClN2O3. The van der Waals surface area contributed by atoms with E-state index in [9.17, 15) is 14.7 Å². The van der Waals surface area contributed by atoms with Crippen LogP contribution in [-0.2, 0) is 11.8 Å². The van der Waals surface area contributed by atoms with Crippen molar-refractivity contribution in [3.8, 4) is 0 Å². The van der Waals surface area contributed by atoms with Gasteiger partial charge in [0, 0.05) is 13.2 Å². The molecule has 0 fully saturated rings. The summed E-state index contributed by atoms with van der Waals surface area (Å²) in [6.45, 7) is 0. The van der Waals surface area contributed by atoms with Crippen molar-refractivity contribution >= 4 is 23.5 Å². The van der Waals surface area contributed by atoms with Crippen molar-refractivity contribution in [1.82, 2.24) is 9.88 Å². The van der Waals surface area contributed by atoms with E-state index in [1.165, 1.54) is 6.07 Å². The topological polar surface area (TPSA) is 71.3 Å². The largest absolute Gasteiger partial charge is 0.479 e. The minimum Gasteiger partial charge on any atom is -0.479 e. The number of amides is 1. The molecule has 1 aromatic carbocycles. The molecule has 104 valence electrons. The number of benzene rings is 1. The number of carboxylic acid groups (broad SMARTS) is 1. The second-order valence-corrected chi connectivity index (χ2v) is 4.75. The van der Waals surface area contributed by atoms with Crippen LogP contribution in [0.5, 0.6) is 0 Å². The molecule has 5 nitrogen and oxygen atoms in total. The number of carbonyl (C=O) groups excluding carboxylic acids is 1. The Morgan fingerprint density at radius 1 is 1.30 bits per heavy atom. The van der Waals surface area contributed by atoms with E-state index in [0.717, 1.165) is 0 Å². The smallest absolute Gasteiger partial charge is 0.330 e. The van der Waals surface area contributed by atoms with Crippen molar-refractivity contribution in [3.63, 3.8) is 0 Å². The summed E-state index contributed by atoms with van der Waals surface area (Å²) in [5.41, 5.74) is 0.811. The number of halogens is 1. The molecule has 1 amide bonds. The Hall–Kier alpha value is -2.27. The van der Waals surface area contributed by atoms with Gasteiger partial charge in [-0.05, 0) is 11.6 Å². The van der Waals surface area contributed by atoms with Crippen LogP contribution in [0.25, 0.3) is 0 Å². The number of hydrogen-bond donors (Lipinski definition) is 2. The van der Waals surface area contributed by atoms with E-state index in [2.05, 4.69) is 5.32 Å². The third-order valence-corrected chi connectivity index (χ3v) is 3.07. The number of aliphatic carboxylic acids is 1. The number of carbonyl (C=O) groups is 2. The Labute approximate surface area is 120 Å². The lowest BCUT2D eigenvalue weighted by molar-refractivity contribution is -0.139. The molecule has 20 heavy (non-hydrogen) atoms. The second kappa shape index (κ2) is 5.79. The Morgan fingerprint density at radius 3 is 2.45 bits per heavy atom. The number of aromatic nitrogens is 1. The number of carboxylic acids is 1. The molecule has 1 atom stereocenters. The van der Waals surface area contributed by atoms with Gasteiger partial charge in [0.2, 0.25) is 0 Å². The number of nitrogens with one attached hydrogen (secondary N) is 1. The van der Waals surface area contributed by atoms with Gasteiger partial charge in [-0.3, -0.25) is 4.79 Å². The Bertz CT molecular complexity index is 637. The van der Waals surface area contributed by atoms with Crippen LogP contribution in [0.3, 0.4) is 0 Å². The summed E-state index contributed by atoms with van der Waals surface area (Å²) < 4.78 is 1.54. The fraction of sp³-hybridized carbons (Fsp3) is 0.143. The third kappa shape index (κ3) is 3.00. The lowest BCUT2D eigenvalue weighted by Crippen LogP contribution is -2.34. The predicted molar refractivity (Wildman–Crippen MR) is 74.7 cm³/mol. The zero-order valence-electron chi connectivity index (χ0n) is 10.7. The first kappa shape index (κ1) is 14.1. The first-order valence-electron chi connectivity index (χ1n) is 5.89. The number of hydrogen-bond acceptors (Lipinski definition) is 2. The molecule has 2 aromatic rings. The van der Waals surface area contributed by atoms with Crippen LogP contribution < -0.4 is 5.32 Å². The molecule has 2 rings (SSSR count). The van der Waals surface area contributed by atoms with Gasteiger partial charge in [0.25, 0.3) is 5.91 Å². The highest BCUT2D eigenvalue weighted by Gasteiger charge is 2.23. The maximum Gasteiger partial charge on any atom is 0.330 e. The van der Waals surface area contributed by atoms with Gasteiger partial charge in [0.05, 0.1) is 5.02 Å². The fourth-order valence-electron chi connectivity index (χ4n) is 1.89. The Kier molecular flexibility index (Phi) is 4.10. The molecule has 0 spiro atoms. The van der Waals surface area contributed by atoms with Crippen LogP contribution in [-0.4, -0.2) is 21.6 Å². The molecule has 2 N–H and O–H groups in total. The van der Waals surface area contributed by atoms with Gasteiger partial charge in [-0.15, -0.1) is 0 Å². The first-order chi connectivity index (χ1) is 9.49. The van der Waals surface area contributed by atoms with Gasteiger partial charge in [0.1, 0.15) is 5.69 Å². The highest BCUT2D eigenvalue weighted by molar-refractivity contribution is 6.31. The highest BCUT2D eigenvalue weighted by atomic mass is 35.5. The van der Waals surface area contributed by atoms with E-state index >= 15 is 0 Å². The quantitative estimate of drug-likeness (QED) is 0.908. The van der Waals surface area contributed by atoms with Crippen LogP contribution in [0.1, 0.15) is 22.1 Å². The average molecular weight is 293 g/mol. The molecule has 0 saturated carbocycles. The van der Waals surface area contributed by atoms with Crippen molar-refractivity contribution in [2.45, 2.75) is 6.04 Å². The van der Waals surface area contributed by atoms with Gasteiger partial charge in [-0.2, -0.15) is 0 Å². The molecule has 6 heteroatoms. The minimum absolute atomic E-state index is 0.303. The highest BCUT2D eigenvalue weighted by Crippen LogP contribution is 2.16. The first-order valence-corrected chi connectivity index (χ1v) is 6.27. The SMILES string of the molecule is Cn1cc(Cl)cc1C(=O)N[C@@H](C(=O)O)c1ccccc1. The van der Waals surface area contributed by atoms with Gasteiger partial charge >= 0.3 is 5.97 Å². The average Bonchev–Trinajstić information content (AvgIpc) is 2.75. The molecule has 0 aliphatic rings. The van der Waals surface area contributed by atoms with Crippen LogP contribution >= 0.6 is 11.6 Å². The van der Waals surface area contributed by atoms with Crippen LogP contribution in [0.2, 0.25) is 5.02 Å².